The molecule has 4 heterocycles. The van der Waals surface area contributed by atoms with Crippen molar-refractivity contribution in [3.8, 4) is 11.5 Å². The second kappa shape index (κ2) is 26.9. The molecule has 1 aromatic carbocycles. The number of rotatable bonds is 16. The number of carboxylic acid groups (broad SMARTS) is 2. The molecule has 2 aliphatic rings. The Balaban J connectivity index is 0.00000126. The third-order valence-electron chi connectivity index (χ3n) is 9.20. The number of carbonyl (C=O) groups is 2. The number of ether oxygens (including phenoxy) is 4. The molecular weight excluding hydrogens is 916 g/mol. The van der Waals surface area contributed by atoms with Gasteiger partial charge in [0, 0.05) is 93.4 Å². The summed E-state index contributed by atoms with van der Waals surface area (Å²) in [7, 11) is 3.25. The van der Waals surface area contributed by atoms with Crippen LogP contribution in [-0.4, -0.2) is 106 Å². The Morgan fingerprint density at radius 3 is 1.32 bits per heavy atom. The number of aliphatic hydroxyl groups excluding tert-OH is 2. The van der Waals surface area contributed by atoms with Gasteiger partial charge in [-0.05, 0) is 74.7 Å². The first-order valence-corrected chi connectivity index (χ1v) is 19.6. The molecule has 0 atom stereocenters. The fraction of sp³-hybridized carbons (Fsp3) is 0.455. The van der Waals surface area contributed by atoms with Crippen LogP contribution < -0.4 is 14.5 Å². The van der Waals surface area contributed by atoms with Gasteiger partial charge in [0.15, 0.2) is 11.5 Å². The van der Waals surface area contributed by atoms with E-state index < -0.39 is 11.9 Å². The Morgan fingerprint density at radius 1 is 0.633 bits per heavy atom. The quantitative estimate of drug-likeness (QED) is 0.109. The topological polar surface area (TPSA) is 218 Å². The number of fused-ring (bicyclic) bond motifs is 7. The third-order valence-corrected chi connectivity index (χ3v) is 9.20. The standard InChI is InChI=1S/C40H50N5O6.2C2H4O2.Gd/c1-7-27-28(8-2)32-20-34-30(12-10-14-47)26(4)38(45-34)24-42-36-22-40(51-18-16-49-6)39(50-17-15-48-5)21-35(36)41-23-37-25(3)29(11-9-13-46)33(44-37)19-31(27)43-32;2*1-2(3)4;/h19-24,46-47H,7-18H2,1-6H3;2*1H3,(H,3,4);/q-1;;;. The smallest absolute Gasteiger partial charge is 0.300 e. The van der Waals surface area contributed by atoms with E-state index in [-0.39, 0.29) is 53.2 Å². The third kappa shape index (κ3) is 15.1. The number of aryl methyl sites for hydroxylation is 2. The van der Waals surface area contributed by atoms with E-state index in [0.29, 0.717) is 74.6 Å². The molecule has 0 spiro atoms. The number of hydrogen-bond acceptors (Lipinski definition) is 12. The van der Waals surface area contributed by atoms with Gasteiger partial charge in [-0.2, -0.15) is 0 Å². The van der Waals surface area contributed by atoms with Crippen LogP contribution in [0.15, 0.2) is 36.7 Å². The molecule has 4 N–H and O–H groups in total. The molecule has 3 aromatic rings. The first-order valence-electron chi connectivity index (χ1n) is 19.6. The van der Waals surface area contributed by atoms with Crippen molar-refractivity contribution in [1.29, 1.82) is 0 Å². The number of nitrogens with zero attached hydrogens (tertiary/aromatic N) is 5. The van der Waals surface area contributed by atoms with Crippen LogP contribution in [0.2, 0.25) is 0 Å². The number of aliphatic hydroxyl groups is 2. The van der Waals surface area contributed by atoms with E-state index in [1.807, 2.05) is 26.0 Å². The number of benzene rings is 1. The van der Waals surface area contributed by atoms with Crippen LogP contribution in [-0.2, 0) is 31.9 Å². The molecular formula is C44H58GdN5O10-. The largest absolute Gasteiger partial charge is 0.657 e. The van der Waals surface area contributed by atoms with Gasteiger partial charge in [-0.15, -0.1) is 11.0 Å². The summed E-state index contributed by atoms with van der Waals surface area (Å²) in [6, 6.07) is 7.79. The zero-order valence-electron chi connectivity index (χ0n) is 35.8. The van der Waals surface area contributed by atoms with Crippen LogP contribution in [0.5, 0.6) is 11.5 Å². The van der Waals surface area contributed by atoms with E-state index >= 15 is 0 Å². The van der Waals surface area contributed by atoms with E-state index in [1.165, 1.54) is 11.1 Å². The van der Waals surface area contributed by atoms with Gasteiger partial charge in [-0.3, -0.25) is 19.6 Å². The first kappa shape index (κ1) is 52.0. The molecule has 15 nitrogen and oxygen atoms in total. The van der Waals surface area contributed by atoms with E-state index in [2.05, 4.69) is 26.0 Å². The first-order chi connectivity index (χ1) is 28.3. The van der Waals surface area contributed by atoms with Crippen LogP contribution >= 0.6 is 0 Å². The molecule has 328 valence electrons. The summed E-state index contributed by atoms with van der Waals surface area (Å²) in [4.78, 5) is 43.2. The molecule has 5 rings (SSSR count). The van der Waals surface area contributed by atoms with Gasteiger partial charge in [-0.1, -0.05) is 37.1 Å². The van der Waals surface area contributed by atoms with Crippen molar-refractivity contribution in [2.45, 2.75) is 80.1 Å². The Labute approximate surface area is 383 Å². The number of hydrogen-bond donors (Lipinski definition) is 4. The van der Waals surface area contributed by atoms with Crippen molar-refractivity contribution in [2.24, 2.45) is 0 Å². The summed E-state index contributed by atoms with van der Waals surface area (Å²) in [5, 5.41) is 34.3. The minimum atomic E-state index is -0.833. The maximum Gasteiger partial charge on any atom is 0.300 e. The number of aliphatic carboxylic acids is 2. The van der Waals surface area contributed by atoms with Crippen molar-refractivity contribution in [2.75, 3.05) is 53.9 Å². The van der Waals surface area contributed by atoms with Gasteiger partial charge in [0.05, 0.1) is 59.4 Å². The SMILES string of the molecule is CC(=O)O.CC(=O)O.CCc1c(CC)c2cc3nc(cnc4cc(OCCOC)c(OCCOC)cc4ncc4nc(cc1[n-]2)C(CCCO)=C4C)C(C)=C3CCCO.[Gd]. The average molecular weight is 974 g/mol. The zero-order valence-corrected chi connectivity index (χ0v) is 38.0. The molecule has 0 aliphatic carbocycles. The van der Waals surface area contributed by atoms with E-state index in [4.69, 9.17) is 63.7 Å². The predicted octanol–water partition coefficient (Wildman–Crippen LogP) is 6.73. The zero-order chi connectivity index (χ0) is 43.5. The van der Waals surface area contributed by atoms with Crippen LogP contribution in [0, 0.1) is 39.9 Å². The molecule has 0 unspecified atom stereocenters. The number of aromatic nitrogens is 5. The Morgan fingerprint density at radius 2 is 1.00 bits per heavy atom. The van der Waals surface area contributed by atoms with Gasteiger partial charge >= 0.3 is 0 Å². The van der Waals surface area contributed by atoms with Crippen molar-refractivity contribution in [3.63, 3.8) is 0 Å². The molecule has 16 heteroatoms. The average Bonchev–Trinajstić information content (AvgIpc) is 3.79. The summed E-state index contributed by atoms with van der Waals surface area (Å²) < 4.78 is 22.6. The van der Waals surface area contributed by atoms with Gasteiger partial charge in [0.2, 0.25) is 0 Å². The molecule has 2 aliphatic heterocycles. The maximum atomic E-state index is 9.74. The monoisotopic (exact) mass is 974 g/mol. The predicted molar refractivity (Wildman–Crippen MR) is 228 cm³/mol. The van der Waals surface area contributed by atoms with Crippen molar-refractivity contribution >= 4 is 56.3 Å². The van der Waals surface area contributed by atoms with Crippen molar-refractivity contribution in [3.05, 3.63) is 70.6 Å². The Bertz CT molecular complexity index is 2030. The summed E-state index contributed by atoms with van der Waals surface area (Å²) in [6.45, 7) is 12.2. The summed E-state index contributed by atoms with van der Waals surface area (Å²) >= 11 is 0. The van der Waals surface area contributed by atoms with Crippen LogP contribution in [0.3, 0.4) is 0 Å². The number of methoxy groups -OCH3 is 2. The number of allylic oxidation sites excluding steroid dienone is 4. The molecule has 0 fully saturated rings. The molecule has 0 radical (unpaired) electrons. The Kier molecular flexibility index (Phi) is 23.3. The normalized spacial score (nSPS) is 11.8. The Hall–Kier alpha value is -4.16. The van der Waals surface area contributed by atoms with Crippen LogP contribution in [0.4, 0.5) is 0 Å². The fourth-order valence-corrected chi connectivity index (χ4v) is 6.45. The second-order valence-electron chi connectivity index (χ2n) is 13.5. The summed E-state index contributed by atoms with van der Waals surface area (Å²) in [6.07, 6.45) is 7.74. The molecule has 60 heavy (non-hydrogen) atoms. The van der Waals surface area contributed by atoms with Gasteiger partial charge < -0.3 is 44.4 Å². The summed E-state index contributed by atoms with van der Waals surface area (Å²) in [5.41, 5.74) is 12.5. The molecule has 0 amide bonds. The van der Waals surface area contributed by atoms with E-state index in [9.17, 15) is 10.2 Å². The van der Waals surface area contributed by atoms with Gasteiger partial charge in [-0.25, -0.2) is 9.97 Å². The van der Waals surface area contributed by atoms with Crippen LogP contribution in [0.25, 0.3) is 44.4 Å². The molecule has 6 bridgehead atoms. The fourth-order valence-electron chi connectivity index (χ4n) is 6.45. The number of carboxylic acids is 2. The molecule has 0 saturated heterocycles. The minimum absolute atomic E-state index is 0. The van der Waals surface area contributed by atoms with Crippen molar-refractivity contribution in [1.82, 2.24) is 24.9 Å². The van der Waals surface area contributed by atoms with E-state index in [0.717, 1.165) is 82.8 Å². The van der Waals surface area contributed by atoms with Crippen molar-refractivity contribution < 1.29 is 88.9 Å². The molecule has 0 saturated carbocycles. The molecule has 2 aromatic heterocycles. The second-order valence-corrected chi connectivity index (χ2v) is 13.5. The summed E-state index contributed by atoms with van der Waals surface area (Å²) in [5.74, 6) is -0.653. The maximum absolute atomic E-state index is 9.74. The minimum Gasteiger partial charge on any atom is -0.657 e. The van der Waals surface area contributed by atoms with Gasteiger partial charge in [0.25, 0.3) is 11.9 Å². The van der Waals surface area contributed by atoms with Crippen LogP contribution in [0.1, 0.15) is 101 Å². The van der Waals surface area contributed by atoms with E-state index in [1.54, 1.807) is 26.6 Å². The van der Waals surface area contributed by atoms with Gasteiger partial charge in [0.1, 0.15) is 13.2 Å².